The first-order chi connectivity index (χ1) is 23.6. The molecule has 0 heteroatoms. The Kier molecular flexibility index (Phi) is 10.3. The van der Waals surface area contributed by atoms with Crippen LogP contribution >= 0.6 is 0 Å². The molecule has 0 N–H and O–H groups in total. The molecule has 0 radical (unpaired) electrons. The Hall–Kier alpha value is 0. The van der Waals surface area contributed by atoms with Crippen LogP contribution in [0.4, 0.5) is 0 Å². The predicted octanol–water partition coefficient (Wildman–Crippen LogP) is 14.5. The molecule has 1 spiro atoms. The summed E-state index contributed by atoms with van der Waals surface area (Å²) in [6, 6.07) is 0. The van der Waals surface area contributed by atoms with E-state index >= 15 is 0 Å². The molecule has 49 heavy (non-hydrogen) atoms. The van der Waals surface area contributed by atoms with E-state index in [4.69, 9.17) is 0 Å². The van der Waals surface area contributed by atoms with Crippen LogP contribution in [0.3, 0.4) is 0 Å². The Morgan fingerprint density at radius 3 is 1.78 bits per heavy atom. The van der Waals surface area contributed by atoms with Crippen molar-refractivity contribution in [2.75, 3.05) is 0 Å². The molecule has 0 nitrogen and oxygen atoms in total. The molecule has 8 aliphatic carbocycles. The maximum absolute atomic E-state index is 2.79. The molecule has 0 aliphatic heterocycles. The second-order valence-electron chi connectivity index (χ2n) is 22.5. The highest BCUT2D eigenvalue weighted by Crippen LogP contribution is 2.77. The van der Waals surface area contributed by atoms with Crippen molar-refractivity contribution in [3.8, 4) is 0 Å². The molecule has 0 aromatic rings. The highest BCUT2D eigenvalue weighted by Gasteiger charge is 2.70. The van der Waals surface area contributed by atoms with E-state index in [0.717, 1.165) is 107 Å². The molecular weight excluding hydrogens is 589 g/mol. The zero-order valence-corrected chi connectivity index (χ0v) is 34.2. The summed E-state index contributed by atoms with van der Waals surface area (Å²) in [5.41, 5.74) is 1.16. The summed E-state index contributed by atoms with van der Waals surface area (Å²) in [6.45, 7) is 20.8. The van der Waals surface area contributed by atoms with E-state index in [1.165, 1.54) is 32.1 Å². The first-order valence-corrected chi connectivity index (χ1v) is 23.6. The second kappa shape index (κ2) is 14.0. The van der Waals surface area contributed by atoms with E-state index < -0.39 is 0 Å². The number of rotatable bonds is 7. The molecule has 8 fully saturated rings. The van der Waals surface area contributed by atoms with Crippen LogP contribution in [0.5, 0.6) is 0 Å². The highest BCUT2D eigenvalue weighted by atomic mass is 14.7. The molecule has 0 aromatic heterocycles. The van der Waals surface area contributed by atoms with E-state index in [9.17, 15) is 0 Å². The monoisotopic (exact) mass is 673 g/mol. The number of fused-ring (bicyclic) bond motifs is 13. The summed E-state index contributed by atoms with van der Waals surface area (Å²) in [5, 5.41) is 0. The van der Waals surface area contributed by atoms with Gasteiger partial charge < -0.3 is 0 Å². The minimum Gasteiger partial charge on any atom is -0.0651 e. The Morgan fingerprint density at radius 1 is 0.531 bits per heavy atom. The molecule has 0 bridgehead atoms. The van der Waals surface area contributed by atoms with Gasteiger partial charge in [-0.2, -0.15) is 0 Å². The maximum atomic E-state index is 2.79. The lowest BCUT2D eigenvalue weighted by molar-refractivity contribution is -0.0892. The van der Waals surface area contributed by atoms with Crippen molar-refractivity contribution in [2.45, 2.75) is 190 Å². The topological polar surface area (TPSA) is 0 Å². The zero-order chi connectivity index (χ0) is 34.2. The van der Waals surface area contributed by atoms with E-state index in [0.29, 0.717) is 10.8 Å². The van der Waals surface area contributed by atoms with Crippen molar-refractivity contribution in [1.82, 2.24) is 0 Å². The lowest BCUT2D eigenvalue weighted by Gasteiger charge is -2.58. The lowest BCUT2D eigenvalue weighted by Crippen LogP contribution is -2.50. The number of hydrogen-bond donors (Lipinski definition) is 0. The molecule has 8 aliphatic rings. The van der Waals surface area contributed by atoms with Gasteiger partial charge in [0.1, 0.15) is 0 Å². The first kappa shape index (κ1) is 36.0. The molecule has 0 heterocycles. The molecular formula is C49H84. The van der Waals surface area contributed by atoms with Gasteiger partial charge >= 0.3 is 0 Å². The van der Waals surface area contributed by atoms with Gasteiger partial charge in [-0.25, -0.2) is 0 Å². The van der Waals surface area contributed by atoms with Crippen molar-refractivity contribution in [3.05, 3.63) is 0 Å². The Balaban J connectivity index is 1.22. The Labute approximate surface area is 306 Å². The summed E-state index contributed by atoms with van der Waals surface area (Å²) in [4.78, 5) is 0. The van der Waals surface area contributed by atoms with Crippen LogP contribution in [-0.2, 0) is 0 Å². The minimum atomic E-state index is 0.487. The van der Waals surface area contributed by atoms with Gasteiger partial charge in [0.25, 0.3) is 0 Å². The minimum absolute atomic E-state index is 0.487. The third kappa shape index (κ3) is 5.92. The largest absolute Gasteiger partial charge is 0.0651 e. The van der Waals surface area contributed by atoms with Crippen LogP contribution in [0.2, 0.25) is 0 Å². The summed E-state index contributed by atoms with van der Waals surface area (Å²) < 4.78 is 0. The Morgan fingerprint density at radius 2 is 1.10 bits per heavy atom. The van der Waals surface area contributed by atoms with E-state index in [1.807, 2.05) is 0 Å². The molecule has 280 valence electrons. The lowest BCUT2D eigenvalue weighted by atomic mass is 9.47. The quantitative estimate of drug-likeness (QED) is 0.252. The molecule has 15 atom stereocenters. The van der Waals surface area contributed by atoms with Crippen molar-refractivity contribution in [2.24, 2.45) is 117 Å². The van der Waals surface area contributed by atoms with Gasteiger partial charge in [0.15, 0.2) is 0 Å². The number of hydrogen-bond acceptors (Lipinski definition) is 0. The van der Waals surface area contributed by atoms with E-state index in [1.54, 1.807) is 103 Å². The van der Waals surface area contributed by atoms with Gasteiger partial charge in [0.2, 0.25) is 0 Å². The van der Waals surface area contributed by atoms with Gasteiger partial charge in [-0.15, -0.1) is 0 Å². The molecule has 0 aromatic carbocycles. The van der Waals surface area contributed by atoms with Crippen LogP contribution in [0.1, 0.15) is 190 Å². The van der Waals surface area contributed by atoms with Gasteiger partial charge in [-0.3, -0.25) is 0 Å². The molecule has 0 saturated heterocycles. The van der Waals surface area contributed by atoms with Crippen LogP contribution < -0.4 is 0 Å². The third-order valence-corrected chi connectivity index (χ3v) is 20.0. The average Bonchev–Trinajstić information content (AvgIpc) is 3.61. The first-order valence-electron chi connectivity index (χ1n) is 23.6. The van der Waals surface area contributed by atoms with Crippen LogP contribution in [0.15, 0.2) is 0 Å². The molecule has 15 unspecified atom stereocenters. The SMILES string of the molecule is CCC(CC)C1CC2(CC(C(CC)CC)C1C)C1CCC3C(CC(C)(C)C)CCCC3C1C1C3C(CCC12)CC1C2CCCCC2CCC13. The van der Waals surface area contributed by atoms with Crippen LogP contribution in [0, 0.1) is 117 Å². The standard InChI is InChI=1S/C49H84/c1-9-31(10-2)41-28-49(29-42(30(41)5)32(11-3)12-4)43-25-23-37-35(27-48(6,7)8)17-15-19-38(37)46(43)47-44(49)24-21-34-26-40-36-18-14-13-16-33(36)20-22-39(40)45(34)47/h30-47H,9-29H2,1-8H3. The predicted molar refractivity (Wildman–Crippen MR) is 210 cm³/mol. The summed E-state index contributed by atoms with van der Waals surface area (Å²) >= 11 is 0. The van der Waals surface area contributed by atoms with Gasteiger partial charge in [-0.05, 0) is 194 Å². The van der Waals surface area contributed by atoms with E-state index in [2.05, 4.69) is 55.4 Å². The normalized spacial score (nSPS) is 50.8. The fourth-order valence-electron chi connectivity index (χ4n) is 18.7. The van der Waals surface area contributed by atoms with Crippen molar-refractivity contribution >= 4 is 0 Å². The molecule has 0 amide bonds. The van der Waals surface area contributed by atoms with Gasteiger partial charge in [-0.1, -0.05) is 113 Å². The third-order valence-electron chi connectivity index (χ3n) is 20.0. The highest BCUT2D eigenvalue weighted by molar-refractivity contribution is 5.19. The summed E-state index contributed by atoms with van der Waals surface area (Å²) in [7, 11) is 0. The summed E-state index contributed by atoms with van der Waals surface area (Å²) in [5.74, 6) is 19.0. The molecule has 8 saturated carbocycles. The molecule has 8 rings (SSSR count). The smallest absolute Gasteiger partial charge is 0.0230 e. The Bertz CT molecular complexity index is 1080. The van der Waals surface area contributed by atoms with E-state index in [-0.39, 0.29) is 0 Å². The van der Waals surface area contributed by atoms with Crippen molar-refractivity contribution in [3.63, 3.8) is 0 Å². The van der Waals surface area contributed by atoms with Crippen LogP contribution in [0.25, 0.3) is 0 Å². The summed E-state index contributed by atoms with van der Waals surface area (Å²) in [6.07, 6.45) is 33.0. The zero-order valence-electron chi connectivity index (χ0n) is 34.2. The fourth-order valence-corrected chi connectivity index (χ4v) is 18.7. The van der Waals surface area contributed by atoms with Crippen molar-refractivity contribution in [1.29, 1.82) is 0 Å². The second-order valence-corrected chi connectivity index (χ2v) is 22.5. The maximum Gasteiger partial charge on any atom is -0.0230 e. The van der Waals surface area contributed by atoms with Crippen LogP contribution in [-0.4, -0.2) is 0 Å². The van der Waals surface area contributed by atoms with Crippen molar-refractivity contribution < 1.29 is 0 Å². The average molecular weight is 673 g/mol. The van der Waals surface area contributed by atoms with Gasteiger partial charge in [0, 0.05) is 0 Å². The fraction of sp³-hybridized carbons (Fsp3) is 1.00. The van der Waals surface area contributed by atoms with Gasteiger partial charge in [0.05, 0.1) is 0 Å².